The van der Waals surface area contributed by atoms with E-state index in [4.69, 9.17) is 15.9 Å². The van der Waals surface area contributed by atoms with E-state index < -0.39 is 42.4 Å². The SMILES string of the molecule is N[C@@H](CCC(=O)N[C@@H](CSc1cc(O)ccc1-c1ccc(O)cc1)C(=O)NCC(=O)O)C(=O)O. The summed E-state index contributed by atoms with van der Waals surface area (Å²) < 4.78 is 0. The van der Waals surface area contributed by atoms with E-state index in [1.165, 1.54) is 24.3 Å². The molecule has 0 aliphatic rings. The van der Waals surface area contributed by atoms with Crippen molar-refractivity contribution in [1.82, 2.24) is 10.6 Å². The smallest absolute Gasteiger partial charge is 0.322 e. The van der Waals surface area contributed by atoms with Crippen molar-refractivity contribution in [1.29, 1.82) is 0 Å². The molecule has 12 heteroatoms. The molecule has 0 aliphatic carbocycles. The van der Waals surface area contributed by atoms with Crippen LogP contribution in [0.5, 0.6) is 11.5 Å². The number of phenolic OH excluding ortho intramolecular Hbond substituents is 2. The number of thioether (sulfide) groups is 1. The van der Waals surface area contributed by atoms with Crippen LogP contribution in [0.3, 0.4) is 0 Å². The molecule has 2 rings (SSSR count). The Bertz CT molecular complexity index is 1040. The first-order valence-electron chi connectivity index (χ1n) is 10.1. The molecular weight excluding hydrogens is 466 g/mol. The molecule has 2 amide bonds. The molecule has 0 heterocycles. The van der Waals surface area contributed by atoms with Crippen molar-refractivity contribution in [2.24, 2.45) is 5.73 Å². The van der Waals surface area contributed by atoms with Gasteiger partial charge in [0.15, 0.2) is 0 Å². The van der Waals surface area contributed by atoms with Gasteiger partial charge < -0.3 is 36.8 Å². The maximum Gasteiger partial charge on any atom is 0.322 e. The Morgan fingerprint density at radius 3 is 2.24 bits per heavy atom. The molecule has 0 unspecified atom stereocenters. The van der Waals surface area contributed by atoms with Crippen molar-refractivity contribution < 1.29 is 39.6 Å². The average Bonchev–Trinajstić information content (AvgIpc) is 2.79. The number of phenols is 2. The molecule has 0 aliphatic heterocycles. The van der Waals surface area contributed by atoms with Crippen LogP contribution in [0, 0.1) is 0 Å². The number of nitrogens with one attached hydrogen (secondary N) is 2. The highest BCUT2D eigenvalue weighted by Gasteiger charge is 2.23. The van der Waals surface area contributed by atoms with Crippen molar-refractivity contribution in [2.75, 3.05) is 12.3 Å². The summed E-state index contributed by atoms with van der Waals surface area (Å²) in [6, 6.07) is 8.60. The van der Waals surface area contributed by atoms with Gasteiger partial charge in [-0.1, -0.05) is 12.1 Å². The molecule has 2 aromatic carbocycles. The van der Waals surface area contributed by atoms with E-state index in [9.17, 15) is 29.4 Å². The summed E-state index contributed by atoms with van der Waals surface area (Å²) >= 11 is 1.14. The minimum atomic E-state index is -1.26. The Labute approximate surface area is 199 Å². The van der Waals surface area contributed by atoms with Gasteiger partial charge >= 0.3 is 11.9 Å². The first kappa shape index (κ1) is 26.5. The molecule has 0 spiro atoms. The summed E-state index contributed by atoms with van der Waals surface area (Å²) in [5.74, 6) is -3.84. The summed E-state index contributed by atoms with van der Waals surface area (Å²) in [6.45, 7) is -0.648. The minimum absolute atomic E-state index is 0.0171. The number of aliphatic carboxylic acids is 2. The van der Waals surface area contributed by atoms with E-state index in [0.29, 0.717) is 10.5 Å². The molecule has 8 N–H and O–H groups in total. The maximum atomic E-state index is 12.5. The number of carboxylic acid groups (broad SMARTS) is 2. The number of hydrogen-bond acceptors (Lipinski definition) is 8. The molecule has 0 saturated heterocycles. The normalized spacial score (nSPS) is 12.4. The van der Waals surface area contributed by atoms with Crippen molar-refractivity contribution in [3.63, 3.8) is 0 Å². The summed E-state index contributed by atoms with van der Waals surface area (Å²) in [5, 5.41) is 41.8. The third-order valence-electron chi connectivity index (χ3n) is 4.61. The minimum Gasteiger partial charge on any atom is -0.508 e. The highest BCUT2D eigenvalue weighted by atomic mass is 32.2. The summed E-state index contributed by atoms with van der Waals surface area (Å²) in [4.78, 5) is 47.0. The lowest BCUT2D eigenvalue weighted by Crippen LogP contribution is -2.49. The Morgan fingerprint density at radius 2 is 1.62 bits per heavy atom. The van der Waals surface area contributed by atoms with Gasteiger partial charge in [0.05, 0.1) is 0 Å². The van der Waals surface area contributed by atoms with E-state index >= 15 is 0 Å². The second kappa shape index (κ2) is 12.5. The van der Waals surface area contributed by atoms with Crippen LogP contribution in [-0.2, 0) is 19.2 Å². The lowest BCUT2D eigenvalue weighted by atomic mass is 10.1. The van der Waals surface area contributed by atoms with E-state index in [1.54, 1.807) is 18.2 Å². The molecule has 34 heavy (non-hydrogen) atoms. The quantitative estimate of drug-likeness (QED) is 0.208. The van der Waals surface area contributed by atoms with Gasteiger partial charge in [-0.3, -0.25) is 19.2 Å². The van der Waals surface area contributed by atoms with Crippen molar-refractivity contribution in [3.8, 4) is 22.6 Å². The Hall–Kier alpha value is -3.77. The largest absolute Gasteiger partial charge is 0.508 e. The molecule has 0 bridgehead atoms. The summed E-state index contributed by atoms with van der Waals surface area (Å²) in [7, 11) is 0. The molecular formula is C22H25N3O8S. The monoisotopic (exact) mass is 491 g/mol. The predicted molar refractivity (Wildman–Crippen MR) is 123 cm³/mol. The zero-order chi connectivity index (χ0) is 25.3. The highest BCUT2D eigenvalue weighted by Crippen LogP contribution is 2.35. The fraction of sp³-hybridized carbons (Fsp3) is 0.273. The number of nitrogens with two attached hydrogens (primary N) is 1. The van der Waals surface area contributed by atoms with Crippen LogP contribution < -0.4 is 16.4 Å². The Kier molecular flexibility index (Phi) is 9.71. The van der Waals surface area contributed by atoms with Crippen molar-refractivity contribution in [3.05, 3.63) is 42.5 Å². The summed E-state index contributed by atoms with van der Waals surface area (Å²) in [6.07, 6.45) is -0.388. The van der Waals surface area contributed by atoms with Gasteiger partial charge in [0.1, 0.15) is 30.1 Å². The topological polar surface area (TPSA) is 199 Å². The van der Waals surface area contributed by atoms with Crippen LogP contribution in [0.2, 0.25) is 0 Å². The predicted octanol–water partition coefficient (Wildman–Crippen LogP) is 0.735. The molecule has 0 saturated carbocycles. The van der Waals surface area contributed by atoms with Gasteiger partial charge in [0.2, 0.25) is 11.8 Å². The van der Waals surface area contributed by atoms with E-state index in [0.717, 1.165) is 17.3 Å². The maximum absolute atomic E-state index is 12.5. The molecule has 0 fully saturated rings. The van der Waals surface area contributed by atoms with E-state index in [1.807, 2.05) is 0 Å². The number of carbonyl (C=O) groups is 4. The lowest BCUT2D eigenvalue weighted by molar-refractivity contribution is -0.139. The van der Waals surface area contributed by atoms with Gasteiger partial charge in [-0.2, -0.15) is 0 Å². The van der Waals surface area contributed by atoms with E-state index in [2.05, 4.69) is 10.6 Å². The molecule has 0 radical (unpaired) electrons. The number of amides is 2. The molecule has 0 aromatic heterocycles. The third-order valence-corrected chi connectivity index (χ3v) is 5.76. The number of carboxylic acids is 2. The van der Waals surface area contributed by atoms with Gasteiger partial charge in [-0.25, -0.2) is 0 Å². The lowest BCUT2D eigenvalue weighted by Gasteiger charge is -2.19. The van der Waals surface area contributed by atoms with Gasteiger partial charge in [0.25, 0.3) is 0 Å². The fourth-order valence-electron chi connectivity index (χ4n) is 2.83. The Balaban J connectivity index is 2.17. The van der Waals surface area contributed by atoms with Crippen LogP contribution in [0.4, 0.5) is 0 Å². The molecule has 182 valence electrons. The zero-order valence-corrected chi connectivity index (χ0v) is 18.7. The van der Waals surface area contributed by atoms with Crippen LogP contribution >= 0.6 is 11.8 Å². The molecule has 2 aromatic rings. The number of aromatic hydroxyl groups is 2. The fourth-order valence-corrected chi connectivity index (χ4v) is 3.95. The zero-order valence-electron chi connectivity index (χ0n) is 17.9. The average molecular weight is 492 g/mol. The number of rotatable bonds is 12. The van der Waals surface area contributed by atoms with Crippen LogP contribution in [-0.4, -0.2) is 68.6 Å². The number of hydrogen-bond donors (Lipinski definition) is 7. The van der Waals surface area contributed by atoms with Crippen LogP contribution in [0.15, 0.2) is 47.4 Å². The van der Waals surface area contributed by atoms with Crippen LogP contribution in [0.25, 0.3) is 11.1 Å². The van der Waals surface area contributed by atoms with Gasteiger partial charge in [0, 0.05) is 17.1 Å². The van der Waals surface area contributed by atoms with Gasteiger partial charge in [-0.15, -0.1) is 11.8 Å². The second-order valence-corrected chi connectivity index (χ2v) is 8.32. The number of carbonyl (C=O) groups excluding carboxylic acids is 2. The summed E-state index contributed by atoms with van der Waals surface area (Å²) in [5.41, 5.74) is 6.83. The molecule has 2 atom stereocenters. The number of benzene rings is 2. The van der Waals surface area contributed by atoms with Gasteiger partial charge in [-0.05, 0) is 47.9 Å². The first-order valence-corrected chi connectivity index (χ1v) is 11.1. The highest BCUT2D eigenvalue weighted by molar-refractivity contribution is 7.99. The Morgan fingerprint density at radius 1 is 0.971 bits per heavy atom. The third kappa shape index (κ3) is 8.30. The van der Waals surface area contributed by atoms with Crippen molar-refractivity contribution in [2.45, 2.75) is 29.8 Å². The first-order chi connectivity index (χ1) is 16.1. The second-order valence-electron chi connectivity index (χ2n) is 7.25. The van der Waals surface area contributed by atoms with Crippen LogP contribution in [0.1, 0.15) is 12.8 Å². The standard InChI is InChI=1S/C22H25N3O8S/c23-16(22(32)33)7-8-19(28)25-17(21(31)24-10-20(29)30)11-34-18-9-14(27)5-6-15(18)12-1-3-13(26)4-2-12/h1-6,9,16-17,26-27H,7-8,10-11,23H2,(H,24,31)(H,25,28)(H,29,30)(H,32,33)/t16-,17-/m0/s1. The van der Waals surface area contributed by atoms with E-state index in [-0.39, 0.29) is 30.1 Å². The molecule has 11 nitrogen and oxygen atoms in total. The van der Waals surface area contributed by atoms with Crippen molar-refractivity contribution >= 4 is 35.5 Å².